The molecule has 0 bridgehead atoms. The lowest BCUT2D eigenvalue weighted by molar-refractivity contribution is -0.129. The van der Waals surface area contributed by atoms with Gasteiger partial charge in [-0.1, -0.05) is 16.1 Å². The summed E-state index contributed by atoms with van der Waals surface area (Å²) in [5.74, 6) is -0.874. The van der Waals surface area contributed by atoms with Crippen LogP contribution in [0, 0.1) is 0 Å². The first kappa shape index (κ1) is 21.9. The van der Waals surface area contributed by atoms with Gasteiger partial charge in [-0.15, -0.1) is 0 Å². The third-order valence-corrected chi connectivity index (χ3v) is 5.87. The van der Waals surface area contributed by atoms with Crippen LogP contribution in [0.15, 0.2) is 45.9 Å². The van der Waals surface area contributed by atoms with Crippen molar-refractivity contribution in [2.24, 2.45) is 0 Å². The molecule has 9 nitrogen and oxygen atoms in total. The molecule has 2 rings (SSSR count). The number of carbonyl (C=O) groups is 2. The van der Waals surface area contributed by atoms with Gasteiger partial charge >= 0.3 is 5.97 Å². The van der Waals surface area contributed by atoms with Crippen LogP contribution in [-0.2, 0) is 30.9 Å². The number of rotatable bonds is 8. The molecule has 152 valence electrons. The van der Waals surface area contributed by atoms with Crippen molar-refractivity contribution in [2.75, 3.05) is 14.2 Å². The summed E-state index contributed by atoms with van der Waals surface area (Å²) in [6, 6.07) is 6.96. The molecule has 1 amide bonds. The largest absolute Gasteiger partial charge is 0.467 e. The number of hydrogen-bond donors (Lipinski definition) is 1. The van der Waals surface area contributed by atoms with E-state index in [1.165, 1.54) is 39.5 Å². The van der Waals surface area contributed by atoms with E-state index >= 15 is 0 Å². The molecule has 1 aromatic heterocycles. The SMILES string of the molecule is CON(C)S(=O)(=O)c1cc(C(=O)OC(C)C(=O)NCc2ccco2)ccc1Cl. The maximum Gasteiger partial charge on any atom is 0.338 e. The predicted molar refractivity (Wildman–Crippen MR) is 98.8 cm³/mol. The van der Waals surface area contributed by atoms with E-state index in [0.717, 1.165) is 6.07 Å². The van der Waals surface area contributed by atoms with Gasteiger partial charge < -0.3 is 14.5 Å². The summed E-state index contributed by atoms with van der Waals surface area (Å²) in [5.41, 5.74) is -0.0850. The number of nitrogens with one attached hydrogen (secondary N) is 1. The molecule has 0 saturated heterocycles. The molecule has 28 heavy (non-hydrogen) atoms. The molecular weight excluding hydrogens is 412 g/mol. The van der Waals surface area contributed by atoms with E-state index in [9.17, 15) is 18.0 Å². The third-order valence-electron chi connectivity index (χ3n) is 3.71. The van der Waals surface area contributed by atoms with Gasteiger partial charge in [0.1, 0.15) is 10.7 Å². The number of hydroxylamine groups is 1. The normalized spacial score (nSPS) is 12.6. The molecule has 1 aromatic carbocycles. The summed E-state index contributed by atoms with van der Waals surface area (Å²) in [5, 5.41) is 2.47. The molecule has 0 aliphatic heterocycles. The first-order valence-electron chi connectivity index (χ1n) is 8.00. The van der Waals surface area contributed by atoms with Gasteiger partial charge in [0.05, 0.1) is 30.5 Å². The number of furan rings is 1. The Kier molecular flexibility index (Phi) is 7.19. The average Bonchev–Trinajstić information content (AvgIpc) is 3.18. The molecule has 2 aromatic rings. The Bertz CT molecular complexity index is 944. The molecule has 0 fully saturated rings. The highest BCUT2D eigenvalue weighted by molar-refractivity contribution is 7.89. The average molecular weight is 431 g/mol. The van der Waals surface area contributed by atoms with E-state index in [-0.39, 0.29) is 22.0 Å². The Labute approximate surface area is 167 Å². The molecular formula is C17H19ClN2O7S. The Balaban J connectivity index is 2.09. The minimum absolute atomic E-state index is 0.0850. The quantitative estimate of drug-likeness (QED) is 0.502. The fraction of sp³-hybridized carbons (Fsp3) is 0.294. The summed E-state index contributed by atoms with van der Waals surface area (Å²) in [7, 11) is -1.72. The van der Waals surface area contributed by atoms with Gasteiger partial charge in [-0.2, -0.15) is 0 Å². The first-order chi connectivity index (χ1) is 13.2. The highest BCUT2D eigenvalue weighted by Gasteiger charge is 2.26. The number of halogens is 1. The van der Waals surface area contributed by atoms with Crippen LogP contribution in [0.1, 0.15) is 23.0 Å². The first-order valence-corrected chi connectivity index (χ1v) is 9.82. The summed E-state index contributed by atoms with van der Waals surface area (Å²) < 4.78 is 35.6. The molecule has 0 aliphatic carbocycles. The van der Waals surface area contributed by atoms with E-state index in [2.05, 4.69) is 10.2 Å². The molecule has 0 aliphatic rings. The lowest BCUT2D eigenvalue weighted by Gasteiger charge is -2.16. The van der Waals surface area contributed by atoms with Crippen molar-refractivity contribution in [2.45, 2.75) is 24.5 Å². The van der Waals surface area contributed by atoms with Crippen molar-refractivity contribution in [3.63, 3.8) is 0 Å². The number of nitrogens with zero attached hydrogens (tertiary/aromatic N) is 1. The molecule has 1 atom stereocenters. The van der Waals surface area contributed by atoms with Gasteiger partial charge in [-0.05, 0) is 37.3 Å². The zero-order valence-electron chi connectivity index (χ0n) is 15.3. The fourth-order valence-electron chi connectivity index (χ4n) is 2.08. The molecule has 0 radical (unpaired) electrons. The molecule has 0 saturated carbocycles. The van der Waals surface area contributed by atoms with Gasteiger partial charge in [0.2, 0.25) is 0 Å². The van der Waals surface area contributed by atoms with Gasteiger partial charge in [-0.25, -0.2) is 13.2 Å². The third kappa shape index (κ3) is 5.10. The van der Waals surface area contributed by atoms with Crippen LogP contribution >= 0.6 is 11.6 Å². The van der Waals surface area contributed by atoms with Crippen LogP contribution in [0.4, 0.5) is 0 Å². The maximum absolute atomic E-state index is 12.4. The number of sulfonamides is 1. The molecule has 1 unspecified atom stereocenters. The monoisotopic (exact) mass is 430 g/mol. The van der Waals surface area contributed by atoms with Crippen LogP contribution in [0.5, 0.6) is 0 Å². The van der Waals surface area contributed by atoms with Crippen LogP contribution in [-0.4, -0.2) is 45.0 Å². The van der Waals surface area contributed by atoms with E-state index in [0.29, 0.717) is 10.2 Å². The van der Waals surface area contributed by atoms with Crippen LogP contribution in [0.25, 0.3) is 0 Å². The summed E-state index contributed by atoms with van der Waals surface area (Å²) in [6.07, 6.45) is 0.359. The predicted octanol–water partition coefficient (Wildman–Crippen LogP) is 1.98. The van der Waals surface area contributed by atoms with Crippen molar-refractivity contribution in [1.82, 2.24) is 9.79 Å². The number of amides is 1. The Morgan fingerprint density at radius 2 is 2.04 bits per heavy atom. The summed E-state index contributed by atoms with van der Waals surface area (Å²) >= 11 is 5.95. The topological polar surface area (TPSA) is 115 Å². The summed E-state index contributed by atoms with van der Waals surface area (Å²) in [6.45, 7) is 1.53. The van der Waals surface area contributed by atoms with E-state index in [4.69, 9.17) is 20.8 Å². The number of esters is 1. The van der Waals surface area contributed by atoms with Crippen molar-refractivity contribution < 1.29 is 32.0 Å². The van der Waals surface area contributed by atoms with Crippen molar-refractivity contribution in [3.05, 3.63) is 52.9 Å². The van der Waals surface area contributed by atoms with Crippen molar-refractivity contribution in [1.29, 1.82) is 0 Å². The lowest BCUT2D eigenvalue weighted by Crippen LogP contribution is -2.35. The molecule has 1 N–H and O–H groups in total. The molecule has 11 heteroatoms. The second-order valence-electron chi connectivity index (χ2n) is 5.59. The Morgan fingerprint density at radius 3 is 2.64 bits per heavy atom. The highest BCUT2D eigenvalue weighted by Crippen LogP contribution is 2.25. The van der Waals surface area contributed by atoms with Gasteiger partial charge in [0, 0.05) is 7.05 Å². The van der Waals surface area contributed by atoms with Gasteiger partial charge in [-0.3, -0.25) is 9.63 Å². The zero-order valence-corrected chi connectivity index (χ0v) is 16.9. The van der Waals surface area contributed by atoms with Crippen LogP contribution in [0.2, 0.25) is 5.02 Å². The lowest BCUT2D eigenvalue weighted by atomic mass is 10.2. The summed E-state index contributed by atoms with van der Waals surface area (Å²) in [4.78, 5) is 28.7. The zero-order chi connectivity index (χ0) is 20.9. The minimum atomic E-state index is -4.07. The second-order valence-corrected chi connectivity index (χ2v) is 7.90. The van der Waals surface area contributed by atoms with E-state index in [1.807, 2.05) is 0 Å². The minimum Gasteiger partial charge on any atom is -0.467 e. The standard InChI is InChI=1S/C17H19ClN2O7S/c1-11(16(21)19-10-13-5-4-8-26-13)27-17(22)12-6-7-14(18)15(9-12)28(23,24)20(2)25-3/h4-9,11H,10H2,1-3H3,(H,19,21). The van der Waals surface area contributed by atoms with Crippen LogP contribution in [0.3, 0.4) is 0 Å². The smallest absolute Gasteiger partial charge is 0.338 e. The fourth-order valence-corrected chi connectivity index (χ4v) is 3.55. The maximum atomic E-state index is 12.4. The highest BCUT2D eigenvalue weighted by atomic mass is 35.5. The van der Waals surface area contributed by atoms with Crippen molar-refractivity contribution in [3.8, 4) is 0 Å². The Hall–Kier alpha value is -2.40. The Morgan fingerprint density at radius 1 is 1.32 bits per heavy atom. The number of benzene rings is 1. The van der Waals surface area contributed by atoms with Gasteiger partial charge in [0.25, 0.3) is 15.9 Å². The number of hydrogen-bond acceptors (Lipinski definition) is 7. The van der Waals surface area contributed by atoms with Crippen LogP contribution < -0.4 is 5.32 Å². The number of ether oxygens (including phenoxy) is 1. The molecule has 0 spiro atoms. The van der Waals surface area contributed by atoms with Crippen molar-refractivity contribution >= 4 is 33.5 Å². The van der Waals surface area contributed by atoms with E-state index in [1.54, 1.807) is 12.1 Å². The van der Waals surface area contributed by atoms with E-state index < -0.39 is 28.0 Å². The second kappa shape index (κ2) is 9.20. The van der Waals surface area contributed by atoms with Gasteiger partial charge in [0.15, 0.2) is 6.10 Å². The number of carbonyl (C=O) groups excluding carboxylic acids is 2. The molecule has 1 heterocycles.